The van der Waals surface area contributed by atoms with E-state index in [4.69, 9.17) is 19.7 Å². The number of aliphatic hydroxyl groups is 1. The van der Waals surface area contributed by atoms with Crippen LogP contribution in [0.3, 0.4) is 0 Å². The first-order valence-electron chi connectivity index (χ1n) is 16.2. The van der Waals surface area contributed by atoms with Crippen molar-refractivity contribution in [1.29, 1.82) is 5.26 Å². The van der Waals surface area contributed by atoms with Gasteiger partial charge in [0.15, 0.2) is 0 Å². The first-order valence-corrected chi connectivity index (χ1v) is 17.1. The Morgan fingerprint density at radius 2 is 1.92 bits per heavy atom. The third-order valence-electron chi connectivity index (χ3n) is 8.39. The molecule has 2 heterocycles. The summed E-state index contributed by atoms with van der Waals surface area (Å²) in [6.07, 6.45) is 2.26. The second-order valence-electron chi connectivity index (χ2n) is 12.5. The third-order valence-corrected chi connectivity index (χ3v) is 9.42. The lowest BCUT2D eigenvalue weighted by molar-refractivity contribution is -0.713. The van der Waals surface area contributed by atoms with Gasteiger partial charge in [0.1, 0.15) is 43.5 Å². The van der Waals surface area contributed by atoms with Gasteiger partial charge in [0.2, 0.25) is 6.33 Å². The molecule has 2 aromatic heterocycles. The highest BCUT2D eigenvalue weighted by molar-refractivity contribution is 7.10. The van der Waals surface area contributed by atoms with Crippen LogP contribution in [0, 0.1) is 29.9 Å². The van der Waals surface area contributed by atoms with Gasteiger partial charge in [-0.15, -0.1) is 16.0 Å². The molecular formula is C37H38F2N7O5S+. The fourth-order valence-electron chi connectivity index (χ4n) is 5.51. The fourth-order valence-corrected chi connectivity index (χ4v) is 6.48. The topological polar surface area (TPSA) is 146 Å². The van der Waals surface area contributed by atoms with E-state index in [9.17, 15) is 19.1 Å². The number of aryl methyl sites for hydroxylation is 1. The molecule has 0 aliphatic heterocycles. The van der Waals surface area contributed by atoms with E-state index in [0.717, 1.165) is 29.3 Å². The number of nitrogens with zero attached hydrogens (tertiary/aromatic N) is 6. The highest BCUT2D eigenvalue weighted by Gasteiger charge is 2.42. The van der Waals surface area contributed by atoms with E-state index in [1.807, 2.05) is 13.0 Å². The zero-order chi connectivity index (χ0) is 37.4. The Hall–Kier alpha value is -5.56. The largest absolute Gasteiger partial charge is 0.460 e. The van der Waals surface area contributed by atoms with Gasteiger partial charge in [-0.3, -0.25) is 15.0 Å². The van der Waals surface area contributed by atoms with Crippen molar-refractivity contribution >= 4 is 29.1 Å². The number of halogens is 2. The van der Waals surface area contributed by atoms with Crippen LogP contribution in [0.25, 0.3) is 11.3 Å². The first-order chi connectivity index (χ1) is 24.9. The summed E-state index contributed by atoms with van der Waals surface area (Å²) in [5.41, 5.74) is 1.59. The van der Waals surface area contributed by atoms with Crippen LogP contribution >= 0.6 is 11.3 Å². The number of rotatable bonds is 14. The van der Waals surface area contributed by atoms with Crippen LogP contribution in [-0.2, 0) is 39.6 Å². The lowest BCUT2D eigenvalue weighted by atomic mass is 9.82. The summed E-state index contributed by atoms with van der Waals surface area (Å²) < 4.78 is 43.5. The molecule has 0 aliphatic rings. The summed E-state index contributed by atoms with van der Waals surface area (Å²) >= 11 is 1.27. The van der Waals surface area contributed by atoms with Crippen molar-refractivity contribution in [2.75, 3.05) is 32.6 Å². The van der Waals surface area contributed by atoms with Gasteiger partial charge < -0.3 is 14.6 Å². The number of carbonyl (C=O) groups is 2. The second kappa shape index (κ2) is 16.6. The minimum Gasteiger partial charge on any atom is -0.460 e. The number of ether oxygens (including phenoxy) is 2. The average Bonchev–Trinajstić information content (AvgIpc) is 3.78. The number of thiazole rings is 1. The lowest BCUT2D eigenvalue weighted by Crippen LogP contribution is -2.48. The maximum absolute atomic E-state index is 15.3. The summed E-state index contributed by atoms with van der Waals surface area (Å²) in [6.45, 7) is 3.50. The van der Waals surface area contributed by atoms with E-state index >= 15 is 4.39 Å². The molecule has 0 radical (unpaired) electrons. The number of amides is 1. The molecule has 52 heavy (non-hydrogen) atoms. The molecular weight excluding hydrogens is 693 g/mol. The number of hydrogen-bond donors (Lipinski definition) is 2. The number of nitriles is 1. The summed E-state index contributed by atoms with van der Waals surface area (Å²) in [7, 11) is 3.52. The van der Waals surface area contributed by atoms with Crippen LogP contribution in [0.5, 0.6) is 0 Å². The van der Waals surface area contributed by atoms with Crippen LogP contribution < -0.4 is 9.88 Å². The molecule has 0 spiro atoms. The molecule has 0 saturated carbocycles. The van der Waals surface area contributed by atoms with Crippen molar-refractivity contribution in [3.63, 3.8) is 0 Å². The van der Waals surface area contributed by atoms with Crippen LogP contribution in [0.2, 0.25) is 0 Å². The van der Waals surface area contributed by atoms with Gasteiger partial charge in [-0.25, -0.2) is 23.1 Å². The Labute approximate surface area is 303 Å². The summed E-state index contributed by atoms with van der Waals surface area (Å²) in [4.78, 5) is 31.1. The van der Waals surface area contributed by atoms with Crippen LogP contribution in [0.1, 0.15) is 40.1 Å². The van der Waals surface area contributed by atoms with E-state index in [2.05, 4.69) is 16.5 Å². The molecule has 270 valence electrons. The lowest BCUT2D eigenvalue weighted by Gasteiger charge is -2.32. The molecule has 2 N–H and O–H groups in total. The molecule has 5 rings (SSSR count). The molecule has 0 unspecified atom stereocenters. The number of esters is 1. The number of nitrogens with one attached hydrogen (secondary N) is 1. The Bertz CT molecular complexity index is 2080. The molecule has 2 atom stereocenters. The standard InChI is InChI=1S/C37H37F2N7O5S/c1-24-6-5-7-32(29(24)19-51-34(47)18-44(3)4)43-36(48)50-15-14-46-23-45(22-41-46)21-37(49,30-16-28(38)12-13-31(30)39)25(2)35-42-33(20-52-35)27-10-8-26(17-40)9-11-27/h5-13,16,20,22-23,25,49H,14-15,18-19,21H2,1-4H3/p+1/t25-,37+/m0/s1. The number of likely N-dealkylation sites (N-methyl/N-ethyl adjacent to an activating group) is 1. The van der Waals surface area contributed by atoms with Crippen molar-refractivity contribution < 1.29 is 37.5 Å². The smallest absolute Gasteiger partial charge is 0.411 e. The maximum atomic E-state index is 15.3. The molecule has 1 amide bonds. The van der Waals surface area contributed by atoms with E-state index in [0.29, 0.717) is 27.5 Å². The van der Waals surface area contributed by atoms with Crippen molar-refractivity contribution in [2.24, 2.45) is 0 Å². The van der Waals surface area contributed by atoms with E-state index in [-0.39, 0.29) is 38.4 Å². The van der Waals surface area contributed by atoms with Crippen LogP contribution in [0.4, 0.5) is 19.3 Å². The van der Waals surface area contributed by atoms with Crippen molar-refractivity contribution in [3.05, 3.63) is 118 Å². The summed E-state index contributed by atoms with van der Waals surface area (Å²) in [5.74, 6) is -2.69. The molecule has 15 heteroatoms. The summed E-state index contributed by atoms with van der Waals surface area (Å²) in [6, 6.07) is 17.2. The van der Waals surface area contributed by atoms with Crippen molar-refractivity contribution in [2.45, 2.75) is 45.1 Å². The monoisotopic (exact) mass is 730 g/mol. The molecule has 0 bridgehead atoms. The fraction of sp³-hybridized carbons (Fsp3) is 0.297. The number of carbonyl (C=O) groups excluding carboxylic acids is 2. The zero-order valence-electron chi connectivity index (χ0n) is 29.0. The molecule has 0 saturated heterocycles. The highest BCUT2D eigenvalue weighted by atomic mass is 32.1. The van der Waals surface area contributed by atoms with Gasteiger partial charge in [-0.1, -0.05) is 31.2 Å². The predicted octanol–water partition coefficient (Wildman–Crippen LogP) is 5.30. The van der Waals surface area contributed by atoms with Gasteiger partial charge in [0.05, 0.1) is 34.6 Å². The van der Waals surface area contributed by atoms with Crippen molar-refractivity contribution in [1.82, 2.24) is 19.7 Å². The van der Waals surface area contributed by atoms with Gasteiger partial charge >= 0.3 is 12.1 Å². The Balaban J connectivity index is 1.26. The minimum absolute atomic E-state index is 0.0203. The Morgan fingerprint density at radius 3 is 2.65 bits per heavy atom. The molecule has 3 aromatic carbocycles. The first kappa shape index (κ1) is 37.7. The maximum Gasteiger partial charge on any atom is 0.411 e. The number of aromatic nitrogens is 4. The molecule has 0 fully saturated rings. The number of benzene rings is 3. The average molecular weight is 731 g/mol. The van der Waals surface area contributed by atoms with E-state index in [1.165, 1.54) is 26.9 Å². The van der Waals surface area contributed by atoms with Gasteiger partial charge in [0, 0.05) is 33.1 Å². The second-order valence-corrected chi connectivity index (χ2v) is 13.4. The third kappa shape index (κ3) is 9.21. The van der Waals surface area contributed by atoms with E-state index < -0.39 is 35.2 Å². The molecule has 5 aromatic rings. The minimum atomic E-state index is -1.97. The summed E-state index contributed by atoms with van der Waals surface area (Å²) in [5, 5.41) is 30.6. The zero-order valence-corrected chi connectivity index (χ0v) is 29.9. The number of hydrogen-bond acceptors (Lipinski definition) is 10. The SMILES string of the molecule is Cc1cccc(NC(=O)OCCn2c[n+](C[C@](O)(c3cc(F)ccc3F)[C@@H](C)c3nc(-c4ccc(C#N)cc4)cs3)cn2)c1COC(=O)CN(C)C. The predicted molar refractivity (Wildman–Crippen MR) is 188 cm³/mol. The highest BCUT2D eigenvalue weighted by Crippen LogP contribution is 2.41. The quantitative estimate of drug-likeness (QED) is 0.115. The Kier molecular flexibility index (Phi) is 12.1. The Morgan fingerprint density at radius 1 is 1.15 bits per heavy atom. The van der Waals surface area contributed by atoms with Gasteiger partial charge in [-0.2, -0.15) is 5.26 Å². The van der Waals surface area contributed by atoms with E-state index in [1.54, 1.807) is 74.0 Å². The van der Waals surface area contributed by atoms with Crippen molar-refractivity contribution in [3.8, 4) is 17.3 Å². The normalized spacial score (nSPS) is 12.9. The van der Waals surface area contributed by atoms with Gasteiger partial charge in [0.25, 0.3) is 6.33 Å². The number of anilines is 1. The molecule has 0 aliphatic carbocycles. The van der Waals surface area contributed by atoms with Gasteiger partial charge in [-0.05, 0) is 63.0 Å². The molecule has 12 nitrogen and oxygen atoms in total. The van der Waals surface area contributed by atoms with Crippen LogP contribution in [-0.4, -0.2) is 64.1 Å². The van der Waals surface area contributed by atoms with Crippen LogP contribution in [0.15, 0.2) is 78.7 Å².